The third kappa shape index (κ3) is 3.31. The maximum atomic E-state index is 12.4. The minimum Gasteiger partial charge on any atom is -0.481 e. The fourth-order valence-electron chi connectivity index (χ4n) is 2.73. The smallest absolute Gasteiger partial charge is 0.263 e. The first kappa shape index (κ1) is 14.9. The van der Waals surface area contributed by atoms with Gasteiger partial charge >= 0.3 is 0 Å². The molecule has 1 amide bonds. The third-order valence-electron chi connectivity index (χ3n) is 3.96. The second-order valence-corrected chi connectivity index (χ2v) is 5.75. The number of nitrogens with zero attached hydrogens (tertiary/aromatic N) is 1. The van der Waals surface area contributed by atoms with Crippen LogP contribution in [0.1, 0.15) is 25.8 Å². The van der Waals surface area contributed by atoms with Gasteiger partial charge in [-0.25, -0.2) is 0 Å². The van der Waals surface area contributed by atoms with Crippen LogP contribution in [0.15, 0.2) is 24.3 Å². The summed E-state index contributed by atoms with van der Waals surface area (Å²) in [6.07, 6.45) is 0.524. The number of rotatable bonds is 4. The number of hydrogen-bond acceptors (Lipinski definition) is 3. The number of likely N-dealkylation sites (tertiary alicyclic amines) is 1. The summed E-state index contributed by atoms with van der Waals surface area (Å²) in [5.74, 6) is 1.20. The van der Waals surface area contributed by atoms with Gasteiger partial charge in [0.05, 0.1) is 0 Å². The van der Waals surface area contributed by atoms with E-state index in [1.54, 1.807) is 0 Å². The quantitative estimate of drug-likeness (QED) is 0.914. The molecule has 0 aliphatic carbocycles. The molecule has 0 spiro atoms. The predicted molar refractivity (Wildman–Crippen MR) is 79.6 cm³/mol. The molecule has 0 saturated carbocycles. The van der Waals surface area contributed by atoms with Crippen molar-refractivity contribution in [2.45, 2.75) is 39.3 Å². The van der Waals surface area contributed by atoms with Crippen molar-refractivity contribution in [3.05, 3.63) is 29.8 Å². The Labute approximate surface area is 120 Å². The van der Waals surface area contributed by atoms with Crippen LogP contribution in [0.3, 0.4) is 0 Å². The summed E-state index contributed by atoms with van der Waals surface area (Å²) in [5, 5.41) is 0. The normalized spacial score (nSPS) is 23.7. The number of carbonyl (C=O) groups is 1. The molecule has 4 nitrogen and oxygen atoms in total. The van der Waals surface area contributed by atoms with Crippen molar-refractivity contribution >= 4 is 5.91 Å². The van der Waals surface area contributed by atoms with Gasteiger partial charge in [0.2, 0.25) is 0 Å². The molecule has 110 valence electrons. The van der Waals surface area contributed by atoms with Gasteiger partial charge in [0.15, 0.2) is 6.10 Å². The maximum absolute atomic E-state index is 12.4. The Morgan fingerprint density at radius 2 is 2.10 bits per heavy atom. The van der Waals surface area contributed by atoms with E-state index in [1.165, 1.54) is 5.56 Å². The van der Waals surface area contributed by atoms with Crippen LogP contribution in [0, 0.1) is 12.8 Å². The summed E-state index contributed by atoms with van der Waals surface area (Å²) in [5.41, 5.74) is 6.88. The largest absolute Gasteiger partial charge is 0.481 e. The van der Waals surface area contributed by atoms with Gasteiger partial charge in [-0.3, -0.25) is 4.79 Å². The highest BCUT2D eigenvalue weighted by molar-refractivity contribution is 5.81. The van der Waals surface area contributed by atoms with Crippen LogP contribution in [0.4, 0.5) is 0 Å². The highest BCUT2D eigenvalue weighted by Gasteiger charge is 2.34. The lowest BCUT2D eigenvalue weighted by atomic mass is 10.1. The van der Waals surface area contributed by atoms with E-state index in [0.29, 0.717) is 12.5 Å². The molecule has 1 fully saturated rings. The fourth-order valence-corrected chi connectivity index (χ4v) is 2.73. The molecule has 0 bridgehead atoms. The Morgan fingerprint density at radius 3 is 2.65 bits per heavy atom. The molecule has 1 aromatic carbocycles. The van der Waals surface area contributed by atoms with Crippen molar-refractivity contribution in [2.75, 3.05) is 13.1 Å². The van der Waals surface area contributed by atoms with Crippen molar-refractivity contribution < 1.29 is 9.53 Å². The summed E-state index contributed by atoms with van der Waals surface area (Å²) in [6, 6.07) is 8.01. The lowest BCUT2D eigenvalue weighted by molar-refractivity contribution is -0.138. The Hall–Kier alpha value is -1.55. The first-order valence-electron chi connectivity index (χ1n) is 7.25. The topological polar surface area (TPSA) is 55.6 Å². The zero-order valence-electron chi connectivity index (χ0n) is 12.5. The van der Waals surface area contributed by atoms with Crippen molar-refractivity contribution in [1.82, 2.24) is 4.90 Å². The van der Waals surface area contributed by atoms with Crippen LogP contribution in [0.2, 0.25) is 0 Å². The number of aryl methyl sites for hydroxylation is 1. The molecule has 4 heteroatoms. The number of ether oxygens (including phenoxy) is 1. The van der Waals surface area contributed by atoms with Gasteiger partial charge in [0.25, 0.3) is 5.91 Å². The van der Waals surface area contributed by atoms with E-state index in [2.05, 4.69) is 6.92 Å². The molecule has 1 saturated heterocycles. The summed E-state index contributed by atoms with van der Waals surface area (Å²) in [7, 11) is 0. The maximum Gasteiger partial charge on any atom is 0.263 e. The number of amides is 1. The summed E-state index contributed by atoms with van der Waals surface area (Å²) < 4.78 is 5.74. The van der Waals surface area contributed by atoms with Crippen LogP contribution in [-0.2, 0) is 4.79 Å². The van der Waals surface area contributed by atoms with Gasteiger partial charge in [-0.05, 0) is 51.8 Å². The molecule has 2 rings (SSSR count). The van der Waals surface area contributed by atoms with E-state index in [9.17, 15) is 4.79 Å². The molecule has 0 radical (unpaired) electrons. The molecule has 3 unspecified atom stereocenters. The molecule has 2 N–H and O–H groups in total. The zero-order chi connectivity index (χ0) is 14.7. The third-order valence-corrected chi connectivity index (χ3v) is 3.96. The highest BCUT2D eigenvalue weighted by atomic mass is 16.5. The molecule has 0 aromatic heterocycles. The number of hydrogen-bond donors (Lipinski definition) is 1. The molecule has 1 aromatic rings. The number of nitrogens with two attached hydrogens (primary N) is 1. The molecule has 20 heavy (non-hydrogen) atoms. The van der Waals surface area contributed by atoms with Gasteiger partial charge in [0.1, 0.15) is 5.75 Å². The SMILES string of the molecule is Cc1ccc(OC(C)C(=O)N2CC(CN)CC2C)cc1. The molecule has 3 atom stereocenters. The van der Waals surface area contributed by atoms with Crippen LogP contribution in [0.5, 0.6) is 5.75 Å². The van der Waals surface area contributed by atoms with Crippen LogP contribution >= 0.6 is 0 Å². The first-order chi connectivity index (χ1) is 9.51. The molecule has 1 aliphatic rings. The summed E-state index contributed by atoms with van der Waals surface area (Å²) in [4.78, 5) is 14.3. The Balaban J connectivity index is 1.96. The van der Waals surface area contributed by atoms with Crippen LogP contribution in [-0.4, -0.2) is 36.0 Å². The predicted octanol–water partition coefficient (Wildman–Crippen LogP) is 1.96. The molecule has 1 aliphatic heterocycles. The Morgan fingerprint density at radius 1 is 1.45 bits per heavy atom. The van der Waals surface area contributed by atoms with E-state index in [4.69, 9.17) is 10.5 Å². The van der Waals surface area contributed by atoms with Crippen molar-refractivity contribution in [3.63, 3.8) is 0 Å². The van der Waals surface area contributed by atoms with Crippen LogP contribution < -0.4 is 10.5 Å². The second-order valence-electron chi connectivity index (χ2n) is 5.75. The van der Waals surface area contributed by atoms with Gasteiger partial charge in [-0.2, -0.15) is 0 Å². The van der Waals surface area contributed by atoms with Gasteiger partial charge in [0, 0.05) is 12.6 Å². The lowest BCUT2D eigenvalue weighted by Gasteiger charge is -2.25. The molecule has 1 heterocycles. The van der Waals surface area contributed by atoms with Gasteiger partial charge in [-0.1, -0.05) is 17.7 Å². The minimum absolute atomic E-state index is 0.0500. The van der Waals surface area contributed by atoms with Crippen molar-refractivity contribution in [3.8, 4) is 5.75 Å². The summed E-state index contributed by atoms with van der Waals surface area (Å²) in [6.45, 7) is 7.30. The van der Waals surface area contributed by atoms with Crippen molar-refractivity contribution in [1.29, 1.82) is 0 Å². The number of benzene rings is 1. The van der Waals surface area contributed by atoms with Crippen molar-refractivity contribution in [2.24, 2.45) is 11.7 Å². The summed E-state index contributed by atoms with van der Waals surface area (Å²) >= 11 is 0. The average molecular weight is 276 g/mol. The zero-order valence-corrected chi connectivity index (χ0v) is 12.5. The van der Waals surface area contributed by atoms with Gasteiger partial charge in [-0.15, -0.1) is 0 Å². The molecular weight excluding hydrogens is 252 g/mol. The van der Waals surface area contributed by atoms with E-state index in [0.717, 1.165) is 18.7 Å². The fraction of sp³-hybridized carbons (Fsp3) is 0.562. The standard InChI is InChI=1S/C16H24N2O2/c1-11-4-6-15(7-5-11)20-13(3)16(19)18-10-14(9-17)8-12(18)2/h4-7,12-14H,8-10,17H2,1-3H3. The average Bonchev–Trinajstić information content (AvgIpc) is 2.81. The first-order valence-corrected chi connectivity index (χ1v) is 7.25. The van der Waals surface area contributed by atoms with E-state index >= 15 is 0 Å². The lowest BCUT2D eigenvalue weighted by Crippen LogP contribution is -2.42. The molecular formula is C16H24N2O2. The van der Waals surface area contributed by atoms with E-state index in [1.807, 2.05) is 43.0 Å². The minimum atomic E-state index is -0.461. The van der Waals surface area contributed by atoms with E-state index in [-0.39, 0.29) is 11.9 Å². The Kier molecular flexibility index (Phi) is 4.65. The number of carbonyl (C=O) groups excluding carboxylic acids is 1. The monoisotopic (exact) mass is 276 g/mol. The van der Waals surface area contributed by atoms with Crippen LogP contribution in [0.25, 0.3) is 0 Å². The van der Waals surface area contributed by atoms with E-state index < -0.39 is 6.10 Å². The second kappa shape index (κ2) is 6.27. The Bertz CT molecular complexity index is 458. The van der Waals surface area contributed by atoms with Gasteiger partial charge < -0.3 is 15.4 Å². The highest BCUT2D eigenvalue weighted by Crippen LogP contribution is 2.24.